The van der Waals surface area contributed by atoms with Gasteiger partial charge in [0.25, 0.3) is 0 Å². The van der Waals surface area contributed by atoms with Gasteiger partial charge in [0.2, 0.25) is 3.79 Å². The third kappa shape index (κ3) is 3.67. The van der Waals surface area contributed by atoms with E-state index in [1.165, 1.54) is 0 Å². The standard InChI is InChI=1S/C7H5Cl3S.Na/c8-7(9,10)5-3-1-2-4-6(5)11;/h1-4,11H;. The Kier molecular flexibility index (Phi) is 6.00. The van der Waals surface area contributed by atoms with Gasteiger partial charge >= 0.3 is 0 Å². The molecule has 1 radical (unpaired) electrons. The average molecular weight is 251 g/mol. The number of alkyl halides is 3. The van der Waals surface area contributed by atoms with Gasteiger partial charge in [-0.1, -0.05) is 53.0 Å². The zero-order valence-electron chi connectivity index (χ0n) is 6.39. The predicted molar refractivity (Wildman–Crippen MR) is 58.7 cm³/mol. The second-order valence-electron chi connectivity index (χ2n) is 2.01. The van der Waals surface area contributed by atoms with Crippen molar-refractivity contribution in [3.05, 3.63) is 29.8 Å². The Bertz CT molecular complexity index is 259. The smallest absolute Gasteiger partial charge is 0.143 e. The third-order valence-corrected chi connectivity index (χ3v) is 2.21. The Morgan fingerprint density at radius 3 is 1.92 bits per heavy atom. The normalized spacial score (nSPS) is 10.7. The first-order chi connectivity index (χ1) is 5.02. The van der Waals surface area contributed by atoms with Gasteiger partial charge in [-0.3, -0.25) is 0 Å². The summed E-state index contributed by atoms with van der Waals surface area (Å²) < 4.78 is -1.38. The van der Waals surface area contributed by atoms with Gasteiger partial charge in [0.1, 0.15) is 0 Å². The molecule has 0 fully saturated rings. The maximum atomic E-state index is 5.65. The Morgan fingerprint density at radius 2 is 1.58 bits per heavy atom. The molecular formula is C7H5Cl3NaS. The summed E-state index contributed by atoms with van der Waals surface area (Å²) in [7, 11) is 0. The molecule has 0 saturated carbocycles. The van der Waals surface area contributed by atoms with Crippen molar-refractivity contribution < 1.29 is 0 Å². The Labute approximate surface area is 114 Å². The zero-order valence-corrected chi connectivity index (χ0v) is 11.6. The van der Waals surface area contributed by atoms with E-state index < -0.39 is 3.79 Å². The first kappa shape index (κ1) is 13.4. The number of hydrogen-bond donors (Lipinski definition) is 1. The van der Waals surface area contributed by atoms with Crippen LogP contribution < -0.4 is 0 Å². The molecule has 0 amide bonds. The first-order valence-corrected chi connectivity index (χ1v) is 4.45. The molecule has 0 aliphatic heterocycles. The number of thiol groups is 1. The van der Waals surface area contributed by atoms with Crippen LogP contribution in [0, 0.1) is 0 Å². The molecule has 0 aliphatic carbocycles. The number of halogens is 3. The molecule has 0 bridgehead atoms. The predicted octanol–water partition coefficient (Wildman–Crippen LogP) is 3.42. The third-order valence-electron chi connectivity index (χ3n) is 1.21. The molecule has 1 rings (SSSR count). The van der Waals surface area contributed by atoms with Crippen molar-refractivity contribution in [2.45, 2.75) is 8.69 Å². The van der Waals surface area contributed by atoms with E-state index in [0.717, 1.165) is 0 Å². The summed E-state index contributed by atoms with van der Waals surface area (Å²) in [5, 5.41) is 0. The minimum absolute atomic E-state index is 0. The van der Waals surface area contributed by atoms with E-state index in [0.29, 0.717) is 10.5 Å². The van der Waals surface area contributed by atoms with Gasteiger partial charge in [-0.25, -0.2) is 0 Å². The summed E-state index contributed by atoms with van der Waals surface area (Å²) in [5.74, 6) is 0. The zero-order chi connectivity index (χ0) is 8.48. The molecule has 0 spiro atoms. The molecule has 0 heterocycles. The van der Waals surface area contributed by atoms with Crippen LogP contribution in [0.25, 0.3) is 0 Å². The van der Waals surface area contributed by atoms with Crippen molar-refractivity contribution in [1.29, 1.82) is 0 Å². The van der Waals surface area contributed by atoms with Crippen LogP contribution in [0.3, 0.4) is 0 Å². The summed E-state index contributed by atoms with van der Waals surface area (Å²) in [6.45, 7) is 0. The van der Waals surface area contributed by atoms with Gasteiger partial charge in [0, 0.05) is 40.0 Å². The van der Waals surface area contributed by atoms with Gasteiger partial charge in [-0.05, 0) is 6.07 Å². The van der Waals surface area contributed by atoms with Crippen molar-refractivity contribution in [1.82, 2.24) is 0 Å². The van der Waals surface area contributed by atoms with Crippen LogP contribution >= 0.6 is 47.4 Å². The van der Waals surface area contributed by atoms with Crippen LogP contribution in [0.4, 0.5) is 0 Å². The van der Waals surface area contributed by atoms with E-state index in [-0.39, 0.29) is 29.6 Å². The fourth-order valence-corrected chi connectivity index (χ4v) is 1.73. The van der Waals surface area contributed by atoms with E-state index in [9.17, 15) is 0 Å². The second kappa shape index (κ2) is 5.35. The SMILES string of the molecule is Sc1ccccc1C(Cl)(Cl)Cl.[Na]. The molecule has 0 unspecified atom stereocenters. The first-order valence-electron chi connectivity index (χ1n) is 2.87. The van der Waals surface area contributed by atoms with Crippen molar-refractivity contribution in [2.24, 2.45) is 0 Å². The molecule has 0 saturated heterocycles. The Morgan fingerprint density at radius 1 is 1.08 bits per heavy atom. The van der Waals surface area contributed by atoms with Gasteiger partial charge < -0.3 is 0 Å². The van der Waals surface area contributed by atoms with Crippen LogP contribution in [-0.2, 0) is 3.79 Å². The topological polar surface area (TPSA) is 0 Å². The second-order valence-corrected chi connectivity index (χ2v) is 4.78. The minimum atomic E-state index is -1.38. The van der Waals surface area contributed by atoms with Crippen LogP contribution in [0.1, 0.15) is 5.56 Å². The number of rotatable bonds is 0. The molecule has 1 aromatic rings. The molecule has 0 nitrogen and oxygen atoms in total. The van der Waals surface area contributed by atoms with E-state index in [2.05, 4.69) is 12.6 Å². The largest absolute Gasteiger partial charge is 0.217 e. The maximum absolute atomic E-state index is 5.65. The molecule has 0 aromatic heterocycles. The molecule has 0 aliphatic rings. The number of hydrogen-bond acceptors (Lipinski definition) is 1. The van der Waals surface area contributed by atoms with Gasteiger partial charge in [-0.15, -0.1) is 12.6 Å². The van der Waals surface area contributed by atoms with E-state index >= 15 is 0 Å². The minimum Gasteiger partial charge on any atom is -0.143 e. The van der Waals surface area contributed by atoms with Crippen molar-refractivity contribution in [2.75, 3.05) is 0 Å². The van der Waals surface area contributed by atoms with Gasteiger partial charge in [0.15, 0.2) is 0 Å². The van der Waals surface area contributed by atoms with Crippen molar-refractivity contribution in [3.8, 4) is 0 Å². The van der Waals surface area contributed by atoms with Crippen molar-refractivity contribution >= 4 is 77.0 Å². The van der Waals surface area contributed by atoms with Crippen LogP contribution in [0.15, 0.2) is 29.2 Å². The maximum Gasteiger partial charge on any atom is 0.217 e. The van der Waals surface area contributed by atoms with Gasteiger partial charge in [-0.2, -0.15) is 0 Å². The van der Waals surface area contributed by atoms with Crippen molar-refractivity contribution in [3.63, 3.8) is 0 Å². The molecule has 1 aromatic carbocycles. The van der Waals surface area contributed by atoms with Crippen LogP contribution in [-0.4, -0.2) is 29.6 Å². The van der Waals surface area contributed by atoms with E-state index in [1.807, 2.05) is 6.07 Å². The Hall–Kier alpha value is 1.44. The molecular weight excluding hydrogens is 245 g/mol. The van der Waals surface area contributed by atoms with E-state index in [1.54, 1.807) is 18.2 Å². The van der Waals surface area contributed by atoms with Gasteiger partial charge in [0.05, 0.1) is 0 Å². The fraction of sp³-hybridized carbons (Fsp3) is 0.143. The fourth-order valence-electron chi connectivity index (χ4n) is 0.713. The molecule has 0 atom stereocenters. The monoisotopic (exact) mass is 249 g/mol. The molecule has 0 N–H and O–H groups in total. The summed E-state index contributed by atoms with van der Waals surface area (Å²) in [4.78, 5) is 0.688. The van der Waals surface area contributed by atoms with Crippen LogP contribution in [0.2, 0.25) is 0 Å². The molecule has 61 valence electrons. The number of benzene rings is 1. The molecule has 5 heteroatoms. The van der Waals surface area contributed by atoms with E-state index in [4.69, 9.17) is 34.8 Å². The molecule has 12 heavy (non-hydrogen) atoms. The average Bonchev–Trinajstić information content (AvgIpc) is 1.86. The quantitative estimate of drug-likeness (QED) is 0.407. The summed E-state index contributed by atoms with van der Waals surface area (Å²) >= 11 is 21.1. The summed E-state index contributed by atoms with van der Waals surface area (Å²) in [6, 6.07) is 7.15. The summed E-state index contributed by atoms with van der Waals surface area (Å²) in [6.07, 6.45) is 0. The Balaban J connectivity index is 0.00000121. The summed E-state index contributed by atoms with van der Waals surface area (Å²) in [5.41, 5.74) is 0.605. The van der Waals surface area contributed by atoms with Crippen LogP contribution in [0.5, 0.6) is 0 Å².